The second-order valence-electron chi connectivity index (χ2n) is 6.21. The number of aromatic nitrogens is 2. The van der Waals surface area contributed by atoms with E-state index in [1.165, 1.54) is 4.90 Å². The summed E-state index contributed by atoms with van der Waals surface area (Å²) >= 11 is 0. The molecular weight excluding hydrogens is 320 g/mol. The highest BCUT2D eigenvalue weighted by Crippen LogP contribution is 2.30. The lowest BCUT2D eigenvalue weighted by Crippen LogP contribution is -2.41. The summed E-state index contributed by atoms with van der Waals surface area (Å²) in [4.78, 5) is 35.1. The second kappa shape index (κ2) is 6.16. The van der Waals surface area contributed by atoms with Crippen LogP contribution in [0.2, 0.25) is 0 Å². The zero-order valence-electron chi connectivity index (χ0n) is 14.7. The summed E-state index contributed by atoms with van der Waals surface area (Å²) in [5.74, 6) is 0.362. The van der Waals surface area contributed by atoms with Gasteiger partial charge < -0.3 is 10.1 Å². The standard InChI is InChI=1S/C18H20N4O3/c1-11-9-20-13(12(2)15(11)25-4)10-22-16(23)18(3,21-17(22)24)14-7-5-6-8-19-14/h5-9H,10H2,1-4H3,(H,21,24). The van der Waals surface area contributed by atoms with Gasteiger partial charge in [0.05, 0.1) is 25.0 Å². The van der Waals surface area contributed by atoms with Crippen LogP contribution < -0.4 is 10.1 Å². The number of carbonyl (C=O) groups is 2. The molecule has 1 unspecified atom stereocenters. The van der Waals surface area contributed by atoms with Gasteiger partial charge in [-0.2, -0.15) is 0 Å². The Balaban J connectivity index is 1.92. The summed E-state index contributed by atoms with van der Waals surface area (Å²) in [5, 5.41) is 2.74. The van der Waals surface area contributed by atoms with Crippen LogP contribution in [-0.4, -0.2) is 33.9 Å². The van der Waals surface area contributed by atoms with E-state index in [4.69, 9.17) is 4.74 Å². The molecule has 7 nitrogen and oxygen atoms in total. The van der Waals surface area contributed by atoms with Crippen LogP contribution in [0.4, 0.5) is 4.79 Å². The van der Waals surface area contributed by atoms with Crippen molar-refractivity contribution in [1.82, 2.24) is 20.2 Å². The topological polar surface area (TPSA) is 84.4 Å². The Morgan fingerprint density at radius 3 is 2.64 bits per heavy atom. The highest BCUT2D eigenvalue weighted by atomic mass is 16.5. The number of imide groups is 1. The van der Waals surface area contributed by atoms with E-state index < -0.39 is 11.6 Å². The van der Waals surface area contributed by atoms with Crippen LogP contribution >= 0.6 is 0 Å². The number of ether oxygens (including phenoxy) is 1. The minimum absolute atomic E-state index is 0.0789. The molecular formula is C18H20N4O3. The van der Waals surface area contributed by atoms with Crippen LogP contribution in [-0.2, 0) is 16.9 Å². The zero-order valence-corrected chi connectivity index (χ0v) is 14.7. The second-order valence-corrected chi connectivity index (χ2v) is 6.21. The molecule has 0 saturated carbocycles. The number of carbonyl (C=O) groups excluding carboxylic acids is 2. The minimum Gasteiger partial charge on any atom is -0.496 e. The maximum absolute atomic E-state index is 12.9. The van der Waals surface area contributed by atoms with Gasteiger partial charge in [0.25, 0.3) is 5.91 Å². The zero-order chi connectivity index (χ0) is 18.2. The first-order chi connectivity index (χ1) is 11.9. The lowest BCUT2D eigenvalue weighted by atomic mass is 9.97. The Morgan fingerprint density at radius 1 is 1.24 bits per heavy atom. The van der Waals surface area contributed by atoms with Crippen LogP contribution in [0.1, 0.15) is 29.4 Å². The lowest BCUT2D eigenvalue weighted by molar-refractivity contribution is -0.131. The summed E-state index contributed by atoms with van der Waals surface area (Å²) in [7, 11) is 1.59. The third kappa shape index (κ3) is 2.71. The first-order valence-corrected chi connectivity index (χ1v) is 7.93. The largest absolute Gasteiger partial charge is 0.496 e. The number of hydrogen-bond donors (Lipinski definition) is 1. The molecule has 3 amide bonds. The molecule has 0 aromatic carbocycles. The molecule has 130 valence electrons. The third-order valence-corrected chi connectivity index (χ3v) is 4.51. The third-order valence-electron chi connectivity index (χ3n) is 4.51. The maximum Gasteiger partial charge on any atom is 0.325 e. The van der Waals surface area contributed by atoms with Crippen LogP contribution in [0, 0.1) is 13.8 Å². The lowest BCUT2D eigenvalue weighted by Gasteiger charge is -2.21. The van der Waals surface area contributed by atoms with Gasteiger partial charge in [-0.05, 0) is 32.9 Å². The average Bonchev–Trinajstić information content (AvgIpc) is 2.82. The molecule has 7 heteroatoms. The Bertz CT molecular complexity index is 838. The number of hydrogen-bond acceptors (Lipinski definition) is 5. The van der Waals surface area contributed by atoms with E-state index in [0.29, 0.717) is 17.1 Å². The number of nitrogens with zero attached hydrogens (tertiary/aromatic N) is 3. The molecule has 0 radical (unpaired) electrons. The van der Waals surface area contributed by atoms with Gasteiger partial charge in [-0.15, -0.1) is 0 Å². The summed E-state index contributed by atoms with van der Waals surface area (Å²) in [6.07, 6.45) is 3.27. The summed E-state index contributed by atoms with van der Waals surface area (Å²) in [6, 6.07) is 4.81. The first kappa shape index (κ1) is 16.9. The van der Waals surface area contributed by atoms with E-state index in [0.717, 1.165) is 11.1 Å². The number of urea groups is 1. The fourth-order valence-corrected chi connectivity index (χ4v) is 3.05. The van der Waals surface area contributed by atoms with Crippen LogP contribution in [0.5, 0.6) is 5.75 Å². The Hall–Kier alpha value is -2.96. The molecule has 2 aromatic heterocycles. The van der Waals surface area contributed by atoms with E-state index in [2.05, 4.69) is 15.3 Å². The smallest absolute Gasteiger partial charge is 0.325 e. The van der Waals surface area contributed by atoms with Gasteiger partial charge in [-0.3, -0.25) is 19.7 Å². The van der Waals surface area contributed by atoms with E-state index in [9.17, 15) is 9.59 Å². The van der Waals surface area contributed by atoms with E-state index in [1.807, 2.05) is 13.8 Å². The number of methoxy groups -OCH3 is 1. The molecule has 1 N–H and O–H groups in total. The van der Waals surface area contributed by atoms with Crippen molar-refractivity contribution in [1.29, 1.82) is 0 Å². The van der Waals surface area contributed by atoms with Gasteiger partial charge >= 0.3 is 6.03 Å². The molecule has 25 heavy (non-hydrogen) atoms. The normalized spacial score (nSPS) is 19.9. The Labute approximate surface area is 146 Å². The molecule has 1 atom stereocenters. The Morgan fingerprint density at radius 2 is 2.00 bits per heavy atom. The molecule has 1 fully saturated rings. The molecule has 0 aliphatic carbocycles. The fourth-order valence-electron chi connectivity index (χ4n) is 3.05. The van der Waals surface area contributed by atoms with Gasteiger partial charge in [0.1, 0.15) is 5.75 Å². The number of aryl methyl sites for hydroxylation is 1. The fraction of sp³-hybridized carbons (Fsp3) is 0.333. The molecule has 1 aliphatic heterocycles. The average molecular weight is 340 g/mol. The molecule has 3 heterocycles. The first-order valence-electron chi connectivity index (χ1n) is 7.93. The molecule has 1 aliphatic rings. The predicted octanol–water partition coefficient (Wildman–Crippen LogP) is 2.07. The highest BCUT2D eigenvalue weighted by Gasteiger charge is 2.50. The predicted molar refractivity (Wildman–Crippen MR) is 90.9 cm³/mol. The van der Waals surface area contributed by atoms with Crippen molar-refractivity contribution < 1.29 is 14.3 Å². The number of rotatable bonds is 4. The molecule has 0 bridgehead atoms. The molecule has 0 spiro atoms. The molecule has 2 aromatic rings. The number of pyridine rings is 2. The van der Waals surface area contributed by atoms with E-state index >= 15 is 0 Å². The van der Waals surface area contributed by atoms with Crippen molar-refractivity contribution in [3.05, 3.63) is 53.1 Å². The number of nitrogens with one attached hydrogen (secondary N) is 1. The van der Waals surface area contributed by atoms with Crippen LogP contribution in [0.15, 0.2) is 30.6 Å². The maximum atomic E-state index is 12.9. The van der Waals surface area contributed by atoms with Crippen LogP contribution in [0.3, 0.4) is 0 Å². The van der Waals surface area contributed by atoms with Crippen LogP contribution in [0.25, 0.3) is 0 Å². The van der Waals surface area contributed by atoms with E-state index in [-0.39, 0.29) is 12.5 Å². The van der Waals surface area contributed by atoms with Crippen molar-refractivity contribution in [2.24, 2.45) is 0 Å². The SMILES string of the molecule is COc1c(C)cnc(CN2C(=O)NC(C)(c3ccccn3)C2=O)c1C. The molecule has 1 saturated heterocycles. The molecule has 3 rings (SSSR count). The highest BCUT2D eigenvalue weighted by molar-refractivity contribution is 6.06. The van der Waals surface area contributed by atoms with Gasteiger partial charge in [-0.1, -0.05) is 6.07 Å². The monoisotopic (exact) mass is 340 g/mol. The summed E-state index contributed by atoms with van der Waals surface area (Å²) in [5.41, 5.74) is 1.66. The van der Waals surface area contributed by atoms with Crippen molar-refractivity contribution in [3.8, 4) is 5.75 Å². The quantitative estimate of drug-likeness (QED) is 0.861. The van der Waals surface area contributed by atoms with Crippen molar-refractivity contribution >= 4 is 11.9 Å². The van der Waals surface area contributed by atoms with Crippen molar-refractivity contribution in [3.63, 3.8) is 0 Å². The number of amides is 3. The Kier molecular flexibility index (Phi) is 4.16. The van der Waals surface area contributed by atoms with Gasteiger partial charge in [0.15, 0.2) is 5.54 Å². The summed E-state index contributed by atoms with van der Waals surface area (Å²) in [6.45, 7) is 5.50. The van der Waals surface area contributed by atoms with Gasteiger partial charge in [0.2, 0.25) is 0 Å². The van der Waals surface area contributed by atoms with E-state index in [1.54, 1.807) is 44.6 Å². The van der Waals surface area contributed by atoms with Crippen molar-refractivity contribution in [2.75, 3.05) is 7.11 Å². The minimum atomic E-state index is -1.18. The van der Waals surface area contributed by atoms with Crippen molar-refractivity contribution in [2.45, 2.75) is 32.9 Å². The van der Waals surface area contributed by atoms with Gasteiger partial charge in [0, 0.05) is 23.5 Å². The van der Waals surface area contributed by atoms with Gasteiger partial charge in [-0.25, -0.2) is 4.79 Å². The summed E-state index contributed by atoms with van der Waals surface area (Å²) < 4.78 is 5.39.